The molecule has 0 amide bonds. The molecule has 20 heavy (non-hydrogen) atoms. The van der Waals surface area contributed by atoms with Gasteiger partial charge in [0.25, 0.3) is 0 Å². The molecule has 0 aliphatic heterocycles. The number of rotatable bonds is 7. The molecule has 108 valence electrons. The van der Waals surface area contributed by atoms with E-state index in [1.807, 2.05) is 26.0 Å². The van der Waals surface area contributed by atoms with Crippen LogP contribution in [-0.2, 0) is 13.1 Å². The maximum absolute atomic E-state index is 5.89. The molecule has 1 N–H and O–H groups in total. The third-order valence-corrected chi connectivity index (χ3v) is 3.71. The Hall–Kier alpha value is -1.52. The van der Waals surface area contributed by atoms with E-state index in [-0.39, 0.29) is 6.10 Å². The minimum Gasteiger partial charge on any atom is -0.493 e. The molecule has 3 nitrogen and oxygen atoms in total. The lowest BCUT2D eigenvalue weighted by Crippen LogP contribution is -2.15. The topological polar surface area (TPSA) is 30.5 Å². The van der Waals surface area contributed by atoms with Gasteiger partial charge in [0, 0.05) is 23.5 Å². The molecule has 0 bridgehead atoms. The zero-order valence-corrected chi connectivity index (χ0v) is 13.0. The number of para-hydroxylation sites is 1. The molecule has 0 fully saturated rings. The van der Waals surface area contributed by atoms with Crippen LogP contribution < -0.4 is 14.8 Å². The number of thiophene rings is 1. The van der Waals surface area contributed by atoms with Gasteiger partial charge < -0.3 is 14.8 Å². The molecule has 1 aromatic heterocycles. The second-order valence-corrected chi connectivity index (χ2v) is 5.83. The highest BCUT2D eigenvalue weighted by Gasteiger charge is 2.11. The van der Waals surface area contributed by atoms with Crippen molar-refractivity contribution >= 4 is 11.3 Å². The van der Waals surface area contributed by atoms with Gasteiger partial charge in [0.05, 0.1) is 13.2 Å². The van der Waals surface area contributed by atoms with Crippen LogP contribution in [0.4, 0.5) is 0 Å². The van der Waals surface area contributed by atoms with Crippen LogP contribution in [0, 0.1) is 0 Å². The molecule has 1 aromatic carbocycles. The van der Waals surface area contributed by atoms with Crippen molar-refractivity contribution in [2.75, 3.05) is 7.11 Å². The lowest BCUT2D eigenvalue weighted by molar-refractivity contribution is 0.227. The van der Waals surface area contributed by atoms with Gasteiger partial charge in [-0.2, -0.15) is 0 Å². The Morgan fingerprint density at radius 2 is 2.00 bits per heavy atom. The Kier molecular flexibility index (Phi) is 5.44. The van der Waals surface area contributed by atoms with Gasteiger partial charge >= 0.3 is 0 Å². The van der Waals surface area contributed by atoms with E-state index in [0.717, 1.165) is 30.2 Å². The summed E-state index contributed by atoms with van der Waals surface area (Å²) in [4.78, 5) is 1.33. The highest BCUT2D eigenvalue weighted by Crippen LogP contribution is 2.32. The van der Waals surface area contributed by atoms with Gasteiger partial charge in [-0.25, -0.2) is 0 Å². The molecule has 0 aliphatic carbocycles. The fraction of sp³-hybridized carbons (Fsp3) is 0.375. The zero-order chi connectivity index (χ0) is 14.4. The largest absolute Gasteiger partial charge is 0.493 e. The van der Waals surface area contributed by atoms with Crippen LogP contribution in [0.1, 0.15) is 24.3 Å². The standard InChI is InChI=1S/C16H21NO2S/c1-12(2)19-16-13(6-4-8-15(16)18-3)10-17-11-14-7-5-9-20-14/h4-9,12,17H,10-11H2,1-3H3. The predicted octanol–water partition coefficient (Wildman–Crippen LogP) is 3.83. The molecular weight excluding hydrogens is 270 g/mol. The van der Waals surface area contributed by atoms with Crippen molar-refractivity contribution in [1.29, 1.82) is 0 Å². The van der Waals surface area contributed by atoms with Crippen molar-refractivity contribution in [2.45, 2.75) is 33.0 Å². The molecule has 0 atom stereocenters. The number of hydrogen-bond acceptors (Lipinski definition) is 4. The third-order valence-electron chi connectivity index (χ3n) is 2.83. The molecule has 0 aliphatic rings. The quantitative estimate of drug-likeness (QED) is 0.841. The Morgan fingerprint density at radius 3 is 2.65 bits per heavy atom. The van der Waals surface area contributed by atoms with E-state index in [4.69, 9.17) is 9.47 Å². The first-order valence-corrected chi connectivity index (χ1v) is 7.64. The number of ether oxygens (including phenoxy) is 2. The van der Waals surface area contributed by atoms with E-state index in [1.165, 1.54) is 4.88 Å². The van der Waals surface area contributed by atoms with Crippen LogP contribution in [0.5, 0.6) is 11.5 Å². The molecular formula is C16H21NO2S. The predicted molar refractivity (Wildman–Crippen MR) is 83.6 cm³/mol. The van der Waals surface area contributed by atoms with Crippen LogP contribution in [0.25, 0.3) is 0 Å². The average molecular weight is 291 g/mol. The molecule has 0 saturated carbocycles. The molecule has 0 radical (unpaired) electrons. The smallest absolute Gasteiger partial charge is 0.166 e. The fourth-order valence-electron chi connectivity index (χ4n) is 1.96. The van der Waals surface area contributed by atoms with Crippen molar-refractivity contribution in [3.63, 3.8) is 0 Å². The molecule has 2 aromatic rings. The molecule has 2 rings (SSSR count). The van der Waals surface area contributed by atoms with E-state index in [9.17, 15) is 0 Å². The lowest BCUT2D eigenvalue weighted by atomic mass is 10.1. The first-order chi connectivity index (χ1) is 9.70. The summed E-state index contributed by atoms with van der Waals surface area (Å²) in [6.07, 6.45) is 0.127. The minimum atomic E-state index is 0.127. The average Bonchev–Trinajstić information content (AvgIpc) is 2.93. The van der Waals surface area contributed by atoms with Gasteiger partial charge in [-0.15, -0.1) is 11.3 Å². The van der Waals surface area contributed by atoms with E-state index in [0.29, 0.717) is 0 Å². The second kappa shape index (κ2) is 7.31. The number of methoxy groups -OCH3 is 1. The van der Waals surface area contributed by atoms with E-state index in [1.54, 1.807) is 18.4 Å². The monoisotopic (exact) mass is 291 g/mol. The zero-order valence-electron chi connectivity index (χ0n) is 12.2. The summed E-state index contributed by atoms with van der Waals surface area (Å²) >= 11 is 1.76. The van der Waals surface area contributed by atoms with Crippen molar-refractivity contribution in [3.05, 3.63) is 46.2 Å². The van der Waals surface area contributed by atoms with Crippen LogP contribution in [-0.4, -0.2) is 13.2 Å². The first kappa shape index (κ1) is 14.9. The van der Waals surface area contributed by atoms with Gasteiger partial charge in [0.1, 0.15) is 0 Å². The Balaban J connectivity index is 2.05. The summed E-state index contributed by atoms with van der Waals surface area (Å²) in [5.41, 5.74) is 1.12. The molecule has 0 spiro atoms. The second-order valence-electron chi connectivity index (χ2n) is 4.80. The van der Waals surface area contributed by atoms with Gasteiger partial charge in [-0.05, 0) is 31.4 Å². The SMILES string of the molecule is COc1cccc(CNCc2cccs2)c1OC(C)C. The molecule has 0 saturated heterocycles. The van der Waals surface area contributed by atoms with Crippen molar-refractivity contribution in [1.82, 2.24) is 5.32 Å². The number of benzene rings is 1. The summed E-state index contributed by atoms with van der Waals surface area (Å²) in [6.45, 7) is 5.68. The maximum Gasteiger partial charge on any atom is 0.166 e. The van der Waals surface area contributed by atoms with E-state index >= 15 is 0 Å². The Labute approximate surface area is 124 Å². The highest BCUT2D eigenvalue weighted by atomic mass is 32.1. The van der Waals surface area contributed by atoms with Gasteiger partial charge in [-0.3, -0.25) is 0 Å². The maximum atomic E-state index is 5.89. The summed E-state index contributed by atoms with van der Waals surface area (Å²) in [5, 5.41) is 5.54. The normalized spacial score (nSPS) is 10.8. The fourth-order valence-corrected chi connectivity index (χ4v) is 2.64. The van der Waals surface area contributed by atoms with Crippen molar-refractivity contribution in [3.8, 4) is 11.5 Å². The summed E-state index contributed by atoms with van der Waals surface area (Å²) < 4.78 is 11.3. The lowest BCUT2D eigenvalue weighted by Gasteiger charge is -2.17. The summed E-state index contributed by atoms with van der Waals surface area (Å²) in [6, 6.07) is 10.2. The highest BCUT2D eigenvalue weighted by molar-refractivity contribution is 7.09. The summed E-state index contributed by atoms with van der Waals surface area (Å²) in [5.74, 6) is 1.62. The number of nitrogens with one attached hydrogen (secondary N) is 1. The van der Waals surface area contributed by atoms with Crippen LogP contribution in [0.3, 0.4) is 0 Å². The van der Waals surface area contributed by atoms with Gasteiger partial charge in [0.15, 0.2) is 11.5 Å². The van der Waals surface area contributed by atoms with Crippen LogP contribution >= 0.6 is 11.3 Å². The Bertz CT molecular complexity index is 523. The minimum absolute atomic E-state index is 0.127. The third kappa shape index (κ3) is 3.99. The van der Waals surface area contributed by atoms with Gasteiger partial charge in [0.2, 0.25) is 0 Å². The van der Waals surface area contributed by atoms with Crippen molar-refractivity contribution in [2.24, 2.45) is 0 Å². The molecule has 1 heterocycles. The first-order valence-electron chi connectivity index (χ1n) is 6.76. The van der Waals surface area contributed by atoms with E-state index < -0.39 is 0 Å². The Morgan fingerprint density at radius 1 is 1.15 bits per heavy atom. The van der Waals surface area contributed by atoms with Gasteiger partial charge in [-0.1, -0.05) is 18.2 Å². The van der Waals surface area contributed by atoms with E-state index in [2.05, 4.69) is 28.9 Å². The number of hydrogen-bond donors (Lipinski definition) is 1. The molecule has 4 heteroatoms. The van der Waals surface area contributed by atoms with Crippen molar-refractivity contribution < 1.29 is 9.47 Å². The van der Waals surface area contributed by atoms with Crippen LogP contribution in [0.2, 0.25) is 0 Å². The summed E-state index contributed by atoms with van der Waals surface area (Å²) in [7, 11) is 1.67. The molecule has 0 unspecified atom stereocenters. The van der Waals surface area contributed by atoms with Crippen LogP contribution in [0.15, 0.2) is 35.7 Å².